The molecule has 0 saturated carbocycles. The van der Waals surface area contributed by atoms with Crippen LogP contribution in [0.3, 0.4) is 0 Å². The summed E-state index contributed by atoms with van der Waals surface area (Å²) in [5.41, 5.74) is 0.662. The van der Waals surface area contributed by atoms with Crippen molar-refractivity contribution in [1.29, 1.82) is 0 Å². The third-order valence-corrected chi connectivity index (χ3v) is 5.00. The summed E-state index contributed by atoms with van der Waals surface area (Å²) in [7, 11) is 0. The highest BCUT2D eigenvalue weighted by Gasteiger charge is 2.20. The quantitative estimate of drug-likeness (QED) is 0.482. The summed E-state index contributed by atoms with van der Waals surface area (Å²) >= 11 is 0. The van der Waals surface area contributed by atoms with E-state index in [1.807, 2.05) is 0 Å². The number of aromatic carboxylic acids is 2. The van der Waals surface area contributed by atoms with Crippen LogP contribution in [-0.4, -0.2) is 45.6 Å². The van der Waals surface area contributed by atoms with E-state index in [1.165, 1.54) is 0 Å². The van der Waals surface area contributed by atoms with Crippen molar-refractivity contribution in [3.8, 4) is 0 Å². The fourth-order valence-corrected chi connectivity index (χ4v) is 2.67. The Morgan fingerprint density at radius 3 is 1.10 bits per heavy atom. The van der Waals surface area contributed by atoms with Crippen LogP contribution in [0.5, 0.6) is 0 Å². The third-order valence-electron chi connectivity index (χ3n) is 5.00. The highest BCUT2D eigenvalue weighted by molar-refractivity contribution is 5.87. The van der Waals surface area contributed by atoms with Crippen molar-refractivity contribution in [3.05, 3.63) is 71.8 Å². The minimum atomic E-state index is -0.879. The molecule has 0 radical (unpaired) electrons. The van der Waals surface area contributed by atoms with Crippen LogP contribution >= 0.6 is 0 Å². The van der Waals surface area contributed by atoms with Crippen molar-refractivity contribution < 1.29 is 30.0 Å². The first-order valence-corrected chi connectivity index (χ1v) is 10.4. The van der Waals surface area contributed by atoms with E-state index in [0.29, 0.717) is 34.8 Å². The second kappa shape index (κ2) is 16.1. The molecule has 0 heterocycles. The lowest BCUT2D eigenvalue weighted by molar-refractivity contribution is 0.0686. The largest absolute Gasteiger partial charge is 0.478 e. The molecule has 0 fully saturated rings. The predicted octanol–water partition coefficient (Wildman–Crippen LogP) is 4.68. The van der Waals surface area contributed by atoms with Crippen molar-refractivity contribution in [2.75, 3.05) is 13.2 Å². The molecule has 2 unspecified atom stereocenters. The van der Waals surface area contributed by atoms with Gasteiger partial charge in [-0.1, -0.05) is 64.1 Å². The Bertz CT molecular complexity index is 665. The van der Waals surface area contributed by atoms with E-state index in [2.05, 4.69) is 27.7 Å². The van der Waals surface area contributed by atoms with Crippen LogP contribution in [0.15, 0.2) is 60.7 Å². The van der Waals surface area contributed by atoms with Crippen molar-refractivity contribution in [2.45, 2.75) is 34.1 Å². The summed E-state index contributed by atoms with van der Waals surface area (Å²) in [6.45, 7) is 8.96. The van der Waals surface area contributed by atoms with Crippen molar-refractivity contribution in [2.24, 2.45) is 23.7 Å². The van der Waals surface area contributed by atoms with E-state index in [0.717, 1.165) is 6.42 Å². The van der Waals surface area contributed by atoms with Crippen LogP contribution < -0.4 is 0 Å². The minimum absolute atomic E-state index is 0.237. The molecule has 2 aromatic carbocycles. The first-order chi connectivity index (χ1) is 14.6. The van der Waals surface area contributed by atoms with Crippen LogP contribution in [0, 0.1) is 23.7 Å². The number of carboxylic acid groups (broad SMARTS) is 2. The first kappa shape index (κ1) is 28.3. The van der Waals surface area contributed by atoms with E-state index in [1.54, 1.807) is 60.7 Å². The molecule has 2 rings (SSSR count). The molecule has 0 bridgehead atoms. The predicted molar refractivity (Wildman–Crippen MR) is 122 cm³/mol. The summed E-state index contributed by atoms with van der Waals surface area (Å²) in [5.74, 6) is -0.0964. The molecule has 0 amide bonds. The Hall–Kier alpha value is -2.70. The highest BCUT2D eigenvalue weighted by Crippen LogP contribution is 2.24. The van der Waals surface area contributed by atoms with Gasteiger partial charge in [0, 0.05) is 13.2 Å². The van der Waals surface area contributed by atoms with Gasteiger partial charge >= 0.3 is 11.9 Å². The smallest absolute Gasteiger partial charge is 0.335 e. The number of carbonyl (C=O) groups is 2. The van der Waals surface area contributed by atoms with E-state index >= 15 is 0 Å². The van der Waals surface area contributed by atoms with Gasteiger partial charge in [0.1, 0.15) is 0 Å². The average molecular weight is 433 g/mol. The lowest BCUT2D eigenvalue weighted by Crippen LogP contribution is -2.23. The molecule has 0 aliphatic heterocycles. The zero-order valence-electron chi connectivity index (χ0n) is 18.8. The van der Waals surface area contributed by atoms with Crippen molar-refractivity contribution in [3.63, 3.8) is 0 Å². The molecule has 0 saturated heterocycles. The maximum absolute atomic E-state index is 10.2. The number of carboxylic acids is 2. The SMILES string of the molecule is CC(C)C(CO)CC(CO)C(C)C.O=C(O)c1ccccc1.O=C(O)c1ccccc1. The molecular weight excluding hydrogens is 396 g/mol. The Morgan fingerprint density at radius 1 is 0.645 bits per heavy atom. The molecule has 31 heavy (non-hydrogen) atoms. The molecule has 6 heteroatoms. The topological polar surface area (TPSA) is 115 Å². The zero-order valence-corrected chi connectivity index (χ0v) is 18.8. The highest BCUT2D eigenvalue weighted by atomic mass is 16.4. The number of benzene rings is 2. The van der Waals surface area contributed by atoms with Gasteiger partial charge in [0.15, 0.2) is 0 Å². The maximum atomic E-state index is 10.2. The number of hydrogen-bond acceptors (Lipinski definition) is 4. The zero-order chi connectivity index (χ0) is 23.8. The van der Waals surface area contributed by atoms with Gasteiger partial charge in [-0.05, 0) is 54.4 Å². The maximum Gasteiger partial charge on any atom is 0.335 e. The van der Waals surface area contributed by atoms with Gasteiger partial charge < -0.3 is 20.4 Å². The van der Waals surface area contributed by atoms with Gasteiger partial charge in [-0.25, -0.2) is 9.59 Å². The fourth-order valence-electron chi connectivity index (χ4n) is 2.67. The molecule has 172 valence electrons. The Morgan fingerprint density at radius 2 is 0.935 bits per heavy atom. The number of aliphatic hydroxyl groups is 2. The van der Waals surface area contributed by atoms with Gasteiger partial charge in [-0.15, -0.1) is 0 Å². The van der Waals surface area contributed by atoms with Crippen LogP contribution in [0.4, 0.5) is 0 Å². The number of aliphatic hydroxyl groups excluding tert-OH is 2. The van der Waals surface area contributed by atoms with E-state index in [4.69, 9.17) is 20.4 Å². The number of hydrogen-bond donors (Lipinski definition) is 4. The Labute approximate surface area is 185 Å². The van der Waals surface area contributed by atoms with E-state index in [-0.39, 0.29) is 13.2 Å². The van der Waals surface area contributed by atoms with Gasteiger partial charge in [-0.3, -0.25) is 0 Å². The van der Waals surface area contributed by atoms with Crippen molar-refractivity contribution >= 4 is 11.9 Å². The molecular formula is C25H36O6. The third kappa shape index (κ3) is 12.6. The number of rotatable bonds is 8. The molecule has 0 aromatic heterocycles. The molecule has 2 aromatic rings. The van der Waals surface area contributed by atoms with Crippen LogP contribution in [0.2, 0.25) is 0 Å². The molecule has 6 nitrogen and oxygen atoms in total. The Balaban J connectivity index is 0.000000445. The molecule has 0 spiro atoms. The fraction of sp³-hybridized carbons (Fsp3) is 0.440. The summed E-state index contributed by atoms with van der Waals surface area (Å²) < 4.78 is 0. The van der Waals surface area contributed by atoms with Crippen molar-refractivity contribution in [1.82, 2.24) is 0 Å². The first-order valence-electron chi connectivity index (χ1n) is 10.4. The monoisotopic (exact) mass is 432 g/mol. The molecule has 0 aliphatic carbocycles. The minimum Gasteiger partial charge on any atom is -0.478 e. The second-order valence-electron chi connectivity index (χ2n) is 7.95. The molecule has 4 N–H and O–H groups in total. The van der Waals surface area contributed by atoms with Crippen LogP contribution in [0.1, 0.15) is 54.8 Å². The summed E-state index contributed by atoms with van der Waals surface area (Å²) in [4.78, 5) is 20.4. The van der Waals surface area contributed by atoms with Crippen LogP contribution in [0.25, 0.3) is 0 Å². The van der Waals surface area contributed by atoms with Gasteiger partial charge in [0.05, 0.1) is 11.1 Å². The average Bonchev–Trinajstić information content (AvgIpc) is 2.76. The molecule has 0 aliphatic rings. The van der Waals surface area contributed by atoms with Gasteiger partial charge in [0.2, 0.25) is 0 Å². The second-order valence-corrected chi connectivity index (χ2v) is 7.95. The van der Waals surface area contributed by atoms with Gasteiger partial charge in [0.25, 0.3) is 0 Å². The lowest BCUT2D eigenvalue weighted by Gasteiger charge is -2.25. The molecule has 2 atom stereocenters. The van der Waals surface area contributed by atoms with Gasteiger partial charge in [-0.2, -0.15) is 0 Å². The normalized spacial score (nSPS) is 12.1. The van der Waals surface area contributed by atoms with E-state index in [9.17, 15) is 9.59 Å². The van der Waals surface area contributed by atoms with Crippen LogP contribution in [-0.2, 0) is 0 Å². The standard InChI is InChI=1S/C11H24O2.2C7H6O2/c1-8(2)10(6-12)5-11(7-13)9(3)4;2*8-7(9)6-4-2-1-3-5-6/h8-13H,5-7H2,1-4H3;2*1-5H,(H,8,9). The van der Waals surface area contributed by atoms with E-state index < -0.39 is 11.9 Å². The lowest BCUT2D eigenvalue weighted by atomic mass is 9.82. The summed E-state index contributed by atoms with van der Waals surface area (Å²) in [6, 6.07) is 16.6. The summed E-state index contributed by atoms with van der Waals surface area (Å²) in [5, 5.41) is 35.1. The summed E-state index contributed by atoms with van der Waals surface area (Å²) in [6.07, 6.45) is 0.933. The Kier molecular flexibility index (Phi) is 14.7.